The standard InChI is InChI=1S/C11H22N2/c1-3-7-12-10(5-1)9-11-6-2-4-8-13-11/h10-13H,1-9H2/t10-,11+. The van der Waals surface area contributed by atoms with Gasteiger partial charge in [0.25, 0.3) is 0 Å². The zero-order chi connectivity index (χ0) is 8.93. The molecule has 0 aliphatic carbocycles. The van der Waals surface area contributed by atoms with E-state index in [2.05, 4.69) is 10.6 Å². The molecule has 0 spiro atoms. The van der Waals surface area contributed by atoms with Crippen molar-refractivity contribution in [3.05, 3.63) is 0 Å². The lowest BCUT2D eigenvalue weighted by Crippen LogP contribution is -2.42. The van der Waals surface area contributed by atoms with Gasteiger partial charge in [0, 0.05) is 12.1 Å². The largest absolute Gasteiger partial charge is 0.314 e. The van der Waals surface area contributed by atoms with Crippen LogP contribution < -0.4 is 10.6 Å². The van der Waals surface area contributed by atoms with Gasteiger partial charge >= 0.3 is 0 Å². The van der Waals surface area contributed by atoms with Crippen LogP contribution in [0.25, 0.3) is 0 Å². The van der Waals surface area contributed by atoms with Crippen LogP contribution in [0.3, 0.4) is 0 Å². The first kappa shape index (κ1) is 9.47. The van der Waals surface area contributed by atoms with E-state index in [1.165, 1.54) is 58.0 Å². The predicted molar refractivity (Wildman–Crippen MR) is 55.9 cm³/mol. The first-order valence-electron chi connectivity index (χ1n) is 5.92. The molecule has 0 saturated carbocycles. The van der Waals surface area contributed by atoms with Gasteiger partial charge in [0.1, 0.15) is 0 Å². The third-order valence-electron chi connectivity index (χ3n) is 3.39. The summed E-state index contributed by atoms with van der Waals surface area (Å²) in [6.07, 6.45) is 9.80. The third kappa shape index (κ3) is 2.96. The average molecular weight is 182 g/mol. The Morgan fingerprint density at radius 2 is 1.31 bits per heavy atom. The van der Waals surface area contributed by atoms with Crippen LogP contribution in [0.4, 0.5) is 0 Å². The number of piperidine rings is 2. The second-order valence-corrected chi connectivity index (χ2v) is 4.53. The fraction of sp³-hybridized carbons (Fsp3) is 1.00. The second kappa shape index (κ2) is 4.97. The Bertz CT molecular complexity index is 119. The van der Waals surface area contributed by atoms with Gasteiger partial charge in [0.05, 0.1) is 0 Å². The van der Waals surface area contributed by atoms with Crippen molar-refractivity contribution in [1.82, 2.24) is 10.6 Å². The van der Waals surface area contributed by atoms with Crippen molar-refractivity contribution in [2.24, 2.45) is 0 Å². The van der Waals surface area contributed by atoms with E-state index in [9.17, 15) is 0 Å². The van der Waals surface area contributed by atoms with Crippen LogP contribution in [0.5, 0.6) is 0 Å². The molecule has 0 unspecified atom stereocenters. The normalized spacial score (nSPS) is 36.0. The Labute approximate surface area is 81.5 Å². The average Bonchev–Trinajstić information content (AvgIpc) is 2.21. The van der Waals surface area contributed by atoms with Gasteiger partial charge in [-0.3, -0.25) is 0 Å². The van der Waals surface area contributed by atoms with Gasteiger partial charge < -0.3 is 10.6 Å². The molecule has 2 N–H and O–H groups in total. The Kier molecular flexibility index (Phi) is 3.62. The first-order valence-corrected chi connectivity index (χ1v) is 5.92. The molecule has 2 atom stereocenters. The van der Waals surface area contributed by atoms with Crippen LogP contribution in [-0.2, 0) is 0 Å². The molecule has 2 rings (SSSR count). The SMILES string of the molecule is C1CC[C@H](C[C@@H]2CCCCN2)NC1. The fourth-order valence-electron chi connectivity index (χ4n) is 2.59. The topological polar surface area (TPSA) is 24.1 Å². The van der Waals surface area contributed by atoms with Gasteiger partial charge in [0.2, 0.25) is 0 Å². The molecule has 0 aromatic heterocycles. The zero-order valence-electron chi connectivity index (χ0n) is 8.52. The van der Waals surface area contributed by atoms with Crippen LogP contribution >= 0.6 is 0 Å². The molecular formula is C11H22N2. The van der Waals surface area contributed by atoms with Crippen molar-refractivity contribution in [3.8, 4) is 0 Å². The molecule has 2 aliphatic rings. The van der Waals surface area contributed by atoms with E-state index >= 15 is 0 Å². The molecular weight excluding hydrogens is 160 g/mol. The maximum atomic E-state index is 3.63. The summed E-state index contributed by atoms with van der Waals surface area (Å²) in [4.78, 5) is 0. The van der Waals surface area contributed by atoms with Gasteiger partial charge in [-0.05, 0) is 45.2 Å². The van der Waals surface area contributed by atoms with E-state index in [1.54, 1.807) is 0 Å². The summed E-state index contributed by atoms with van der Waals surface area (Å²) < 4.78 is 0. The Hall–Kier alpha value is -0.0800. The summed E-state index contributed by atoms with van der Waals surface area (Å²) in [5.41, 5.74) is 0. The lowest BCUT2D eigenvalue weighted by Gasteiger charge is -2.30. The maximum absolute atomic E-state index is 3.63. The second-order valence-electron chi connectivity index (χ2n) is 4.53. The lowest BCUT2D eigenvalue weighted by atomic mass is 9.93. The number of hydrogen-bond acceptors (Lipinski definition) is 2. The highest BCUT2D eigenvalue weighted by atomic mass is 15.0. The molecule has 2 fully saturated rings. The quantitative estimate of drug-likeness (QED) is 0.678. The smallest absolute Gasteiger partial charge is 0.00818 e. The van der Waals surface area contributed by atoms with E-state index in [4.69, 9.17) is 0 Å². The minimum absolute atomic E-state index is 0.810. The van der Waals surface area contributed by atoms with Gasteiger partial charge in [-0.15, -0.1) is 0 Å². The van der Waals surface area contributed by atoms with Crippen LogP contribution in [-0.4, -0.2) is 25.2 Å². The van der Waals surface area contributed by atoms with Gasteiger partial charge in [0.15, 0.2) is 0 Å². The summed E-state index contributed by atoms with van der Waals surface area (Å²) in [5.74, 6) is 0. The maximum Gasteiger partial charge on any atom is 0.00818 e. The molecule has 2 nitrogen and oxygen atoms in total. The van der Waals surface area contributed by atoms with E-state index in [1.807, 2.05) is 0 Å². The molecule has 2 heterocycles. The molecule has 76 valence electrons. The molecule has 0 amide bonds. The highest BCUT2D eigenvalue weighted by Crippen LogP contribution is 2.16. The third-order valence-corrected chi connectivity index (χ3v) is 3.39. The van der Waals surface area contributed by atoms with Gasteiger partial charge in [-0.1, -0.05) is 12.8 Å². The van der Waals surface area contributed by atoms with E-state index in [-0.39, 0.29) is 0 Å². The van der Waals surface area contributed by atoms with Crippen LogP contribution in [0, 0.1) is 0 Å². The predicted octanol–water partition coefficient (Wildman–Crippen LogP) is 1.66. The molecule has 0 radical (unpaired) electrons. The minimum atomic E-state index is 0.810. The van der Waals surface area contributed by atoms with Gasteiger partial charge in [-0.2, -0.15) is 0 Å². The van der Waals surface area contributed by atoms with Crippen LogP contribution in [0.2, 0.25) is 0 Å². The lowest BCUT2D eigenvalue weighted by molar-refractivity contribution is 0.304. The van der Waals surface area contributed by atoms with Crippen molar-refractivity contribution in [3.63, 3.8) is 0 Å². The molecule has 2 saturated heterocycles. The summed E-state index contributed by atoms with van der Waals surface area (Å²) >= 11 is 0. The number of rotatable bonds is 2. The van der Waals surface area contributed by atoms with Crippen molar-refractivity contribution in [1.29, 1.82) is 0 Å². The summed E-state index contributed by atoms with van der Waals surface area (Å²) in [7, 11) is 0. The Morgan fingerprint density at radius 3 is 1.69 bits per heavy atom. The molecule has 0 aromatic carbocycles. The zero-order valence-corrected chi connectivity index (χ0v) is 8.52. The van der Waals surface area contributed by atoms with Crippen LogP contribution in [0.1, 0.15) is 44.9 Å². The summed E-state index contributed by atoms with van der Waals surface area (Å²) in [6, 6.07) is 1.62. The minimum Gasteiger partial charge on any atom is -0.314 e. The van der Waals surface area contributed by atoms with E-state index in [0.29, 0.717) is 0 Å². The van der Waals surface area contributed by atoms with E-state index in [0.717, 1.165) is 12.1 Å². The van der Waals surface area contributed by atoms with Crippen LogP contribution in [0.15, 0.2) is 0 Å². The Balaban J connectivity index is 1.69. The number of hydrogen-bond donors (Lipinski definition) is 2. The van der Waals surface area contributed by atoms with Crippen molar-refractivity contribution >= 4 is 0 Å². The monoisotopic (exact) mass is 182 g/mol. The van der Waals surface area contributed by atoms with E-state index < -0.39 is 0 Å². The summed E-state index contributed by atoms with van der Waals surface area (Å²) in [6.45, 7) is 2.49. The summed E-state index contributed by atoms with van der Waals surface area (Å²) in [5, 5.41) is 7.25. The van der Waals surface area contributed by atoms with Crippen molar-refractivity contribution < 1.29 is 0 Å². The molecule has 2 aliphatic heterocycles. The molecule has 2 heteroatoms. The molecule has 0 bridgehead atoms. The first-order chi connectivity index (χ1) is 6.45. The molecule has 0 aromatic rings. The molecule has 13 heavy (non-hydrogen) atoms. The highest BCUT2D eigenvalue weighted by molar-refractivity contribution is 4.80. The fourth-order valence-corrected chi connectivity index (χ4v) is 2.59. The van der Waals surface area contributed by atoms with Crippen molar-refractivity contribution in [2.75, 3.05) is 13.1 Å². The Morgan fingerprint density at radius 1 is 0.769 bits per heavy atom. The van der Waals surface area contributed by atoms with Crippen molar-refractivity contribution in [2.45, 2.75) is 57.0 Å². The number of nitrogens with one attached hydrogen (secondary N) is 2. The van der Waals surface area contributed by atoms with Gasteiger partial charge in [-0.25, -0.2) is 0 Å². The highest BCUT2D eigenvalue weighted by Gasteiger charge is 2.19.